The molecule has 1 aromatic heterocycles. The van der Waals surface area contributed by atoms with E-state index < -0.39 is 0 Å². The van der Waals surface area contributed by atoms with Crippen LogP contribution >= 0.6 is 0 Å². The van der Waals surface area contributed by atoms with E-state index in [1.807, 2.05) is 17.9 Å². The number of aromatic nitrogens is 2. The Morgan fingerprint density at radius 1 is 1.38 bits per heavy atom. The Kier molecular flexibility index (Phi) is 3.99. The van der Waals surface area contributed by atoms with Crippen molar-refractivity contribution in [1.82, 2.24) is 15.1 Å². The molecule has 3 nitrogen and oxygen atoms in total. The van der Waals surface area contributed by atoms with E-state index >= 15 is 0 Å². The van der Waals surface area contributed by atoms with E-state index in [1.165, 1.54) is 37.8 Å². The lowest BCUT2D eigenvalue weighted by Crippen LogP contribution is -2.34. The lowest BCUT2D eigenvalue weighted by Gasteiger charge is -2.23. The first kappa shape index (κ1) is 11.6. The van der Waals surface area contributed by atoms with Crippen LogP contribution in [0.4, 0.5) is 0 Å². The molecule has 1 N–H and O–H groups in total. The van der Waals surface area contributed by atoms with Crippen LogP contribution in [0.1, 0.15) is 37.8 Å². The monoisotopic (exact) mass is 221 g/mol. The second kappa shape index (κ2) is 5.48. The molecule has 3 heteroatoms. The Bertz CT molecular complexity index is 319. The summed E-state index contributed by atoms with van der Waals surface area (Å²) in [5.74, 6) is 0.766. The summed E-state index contributed by atoms with van der Waals surface area (Å²) in [5, 5.41) is 7.98. The molecular formula is C13H23N3. The van der Waals surface area contributed by atoms with Crippen LogP contribution in [0.15, 0.2) is 12.3 Å². The summed E-state index contributed by atoms with van der Waals surface area (Å²) in [5.41, 5.74) is 1.25. The van der Waals surface area contributed by atoms with Crippen LogP contribution in [0.3, 0.4) is 0 Å². The van der Waals surface area contributed by atoms with Crippen LogP contribution in [-0.4, -0.2) is 22.9 Å². The van der Waals surface area contributed by atoms with Gasteiger partial charge in [0.2, 0.25) is 0 Å². The molecule has 1 aliphatic rings. The van der Waals surface area contributed by atoms with Crippen molar-refractivity contribution in [2.24, 2.45) is 13.0 Å². The van der Waals surface area contributed by atoms with Gasteiger partial charge in [0, 0.05) is 19.3 Å². The van der Waals surface area contributed by atoms with Crippen molar-refractivity contribution in [2.45, 2.75) is 44.6 Å². The van der Waals surface area contributed by atoms with Crippen LogP contribution < -0.4 is 5.32 Å². The second-order valence-electron chi connectivity index (χ2n) is 4.98. The van der Waals surface area contributed by atoms with Gasteiger partial charge in [-0.05, 0) is 38.3 Å². The molecule has 1 heterocycles. The highest BCUT2D eigenvalue weighted by atomic mass is 15.2. The molecule has 0 radical (unpaired) electrons. The van der Waals surface area contributed by atoms with Gasteiger partial charge in [0.05, 0.1) is 5.69 Å². The third-order valence-electron chi connectivity index (χ3n) is 3.77. The average molecular weight is 221 g/mol. The van der Waals surface area contributed by atoms with Crippen molar-refractivity contribution >= 4 is 0 Å². The first-order valence-electron chi connectivity index (χ1n) is 6.45. The second-order valence-corrected chi connectivity index (χ2v) is 4.98. The molecular weight excluding hydrogens is 198 g/mol. The van der Waals surface area contributed by atoms with E-state index in [0.717, 1.165) is 12.3 Å². The maximum absolute atomic E-state index is 4.49. The Balaban J connectivity index is 1.99. The molecule has 0 saturated heterocycles. The molecule has 0 amide bonds. The molecule has 0 spiro atoms. The SMILES string of the molecule is CNC1CCCCCC1Cc1ccn(C)n1. The van der Waals surface area contributed by atoms with Gasteiger partial charge < -0.3 is 5.32 Å². The average Bonchev–Trinajstić information content (AvgIpc) is 2.56. The van der Waals surface area contributed by atoms with Gasteiger partial charge in [0.25, 0.3) is 0 Å². The van der Waals surface area contributed by atoms with Gasteiger partial charge in [-0.25, -0.2) is 0 Å². The Hall–Kier alpha value is -0.830. The fourth-order valence-corrected chi connectivity index (χ4v) is 2.85. The Morgan fingerprint density at radius 3 is 2.88 bits per heavy atom. The summed E-state index contributed by atoms with van der Waals surface area (Å²) >= 11 is 0. The van der Waals surface area contributed by atoms with Crippen molar-refractivity contribution in [3.63, 3.8) is 0 Å². The zero-order valence-corrected chi connectivity index (χ0v) is 10.4. The van der Waals surface area contributed by atoms with Gasteiger partial charge in [0.15, 0.2) is 0 Å². The van der Waals surface area contributed by atoms with Gasteiger partial charge in [-0.3, -0.25) is 4.68 Å². The zero-order valence-electron chi connectivity index (χ0n) is 10.4. The lowest BCUT2D eigenvalue weighted by molar-refractivity contribution is 0.347. The maximum Gasteiger partial charge on any atom is 0.0627 e. The third kappa shape index (κ3) is 2.85. The molecule has 0 aliphatic heterocycles. The molecule has 16 heavy (non-hydrogen) atoms. The largest absolute Gasteiger partial charge is 0.317 e. The van der Waals surface area contributed by atoms with Crippen molar-refractivity contribution in [3.8, 4) is 0 Å². The number of nitrogens with zero attached hydrogens (tertiary/aromatic N) is 2. The van der Waals surface area contributed by atoms with Gasteiger partial charge in [-0.1, -0.05) is 19.3 Å². The molecule has 0 bridgehead atoms. The topological polar surface area (TPSA) is 29.9 Å². The predicted octanol–water partition coefficient (Wildman–Crippen LogP) is 2.13. The Labute approximate surface area is 98.2 Å². The molecule has 90 valence electrons. The van der Waals surface area contributed by atoms with E-state index in [2.05, 4.69) is 23.5 Å². The third-order valence-corrected chi connectivity index (χ3v) is 3.77. The summed E-state index contributed by atoms with van der Waals surface area (Å²) in [7, 11) is 4.09. The molecule has 2 atom stereocenters. The van der Waals surface area contributed by atoms with E-state index in [0.29, 0.717) is 6.04 Å². The highest BCUT2D eigenvalue weighted by molar-refractivity contribution is 5.01. The normalized spacial score (nSPS) is 26.6. The van der Waals surface area contributed by atoms with Crippen LogP contribution in [0.2, 0.25) is 0 Å². The molecule has 1 aromatic rings. The zero-order chi connectivity index (χ0) is 11.4. The summed E-state index contributed by atoms with van der Waals surface area (Å²) < 4.78 is 1.90. The van der Waals surface area contributed by atoms with E-state index in [-0.39, 0.29) is 0 Å². The Morgan fingerprint density at radius 2 is 2.19 bits per heavy atom. The van der Waals surface area contributed by atoms with Crippen LogP contribution in [0.25, 0.3) is 0 Å². The highest BCUT2D eigenvalue weighted by Gasteiger charge is 2.23. The van der Waals surface area contributed by atoms with E-state index in [9.17, 15) is 0 Å². The minimum atomic E-state index is 0.685. The highest BCUT2D eigenvalue weighted by Crippen LogP contribution is 2.25. The summed E-state index contributed by atoms with van der Waals surface area (Å²) in [6.45, 7) is 0. The van der Waals surface area contributed by atoms with Crippen LogP contribution in [0, 0.1) is 5.92 Å². The molecule has 1 saturated carbocycles. The molecule has 1 aliphatic carbocycles. The van der Waals surface area contributed by atoms with Crippen LogP contribution in [0.5, 0.6) is 0 Å². The predicted molar refractivity (Wildman–Crippen MR) is 66.3 cm³/mol. The molecule has 2 unspecified atom stereocenters. The van der Waals surface area contributed by atoms with E-state index in [4.69, 9.17) is 0 Å². The summed E-state index contributed by atoms with van der Waals surface area (Å²) in [6, 6.07) is 2.84. The summed E-state index contributed by atoms with van der Waals surface area (Å²) in [6.07, 6.45) is 10.0. The molecule has 2 rings (SSSR count). The first-order chi connectivity index (χ1) is 7.79. The standard InChI is InChI=1S/C13H23N3/c1-14-13-7-5-3-4-6-11(13)10-12-8-9-16(2)15-12/h8-9,11,13-14H,3-7,10H2,1-2H3. The molecule has 1 fully saturated rings. The van der Waals surface area contributed by atoms with Crippen LogP contribution in [-0.2, 0) is 13.5 Å². The number of rotatable bonds is 3. The van der Waals surface area contributed by atoms with Crippen molar-refractivity contribution in [2.75, 3.05) is 7.05 Å². The van der Waals surface area contributed by atoms with E-state index in [1.54, 1.807) is 0 Å². The first-order valence-corrected chi connectivity index (χ1v) is 6.45. The number of aryl methyl sites for hydroxylation is 1. The van der Waals surface area contributed by atoms with Gasteiger partial charge in [0.1, 0.15) is 0 Å². The minimum absolute atomic E-state index is 0.685. The van der Waals surface area contributed by atoms with Gasteiger partial charge in [-0.15, -0.1) is 0 Å². The molecule has 0 aromatic carbocycles. The number of nitrogens with one attached hydrogen (secondary N) is 1. The van der Waals surface area contributed by atoms with Gasteiger partial charge >= 0.3 is 0 Å². The minimum Gasteiger partial charge on any atom is -0.317 e. The van der Waals surface area contributed by atoms with Crippen molar-refractivity contribution in [3.05, 3.63) is 18.0 Å². The summed E-state index contributed by atoms with van der Waals surface area (Å²) in [4.78, 5) is 0. The van der Waals surface area contributed by atoms with Gasteiger partial charge in [-0.2, -0.15) is 5.10 Å². The smallest absolute Gasteiger partial charge is 0.0627 e. The van der Waals surface area contributed by atoms with Crippen molar-refractivity contribution < 1.29 is 0 Å². The van der Waals surface area contributed by atoms with Crippen molar-refractivity contribution in [1.29, 1.82) is 0 Å². The lowest BCUT2D eigenvalue weighted by atomic mass is 9.90. The quantitative estimate of drug-likeness (QED) is 0.792. The number of hydrogen-bond donors (Lipinski definition) is 1. The fraction of sp³-hybridized carbons (Fsp3) is 0.769. The number of hydrogen-bond acceptors (Lipinski definition) is 2. The fourth-order valence-electron chi connectivity index (χ4n) is 2.85. The maximum atomic E-state index is 4.49.